The average molecular weight is 326 g/mol. The number of halogens is 2. The summed E-state index contributed by atoms with van der Waals surface area (Å²) in [6.07, 6.45) is 4.44. The molecule has 0 bridgehead atoms. The van der Waals surface area contributed by atoms with E-state index in [4.69, 9.17) is 5.73 Å². The maximum atomic E-state index is 14.0. The number of nitrogens with two attached hydrogens (primary N) is 1. The molecule has 102 valence electrons. The van der Waals surface area contributed by atoms with E-state index >= 15 is 0 Å². The Balaban J connectivity index is 2.34. The number of benzene rings is 1. The van der Waals surface area contributed by atoms with Crippen molar-refractivity contribution in [2.75, 3.05) is 0 Å². The van der Waals surface area contributed by atoms with E-state index in [0.29, 0.717) is 12.1 Å². The summed E-state index contributed by atoms with van der Waals surface area (Å²) in [5.74, 6) is 0.665. The highest BCUT2D eigenvalue weighted by molar-refractivity contribution is 9.10. The van der Waals surface area contributed by atoms with Gasteiger partial charge in [0.1, 0.15) is 11.6 Å². The molecule has 2 aromatic rings. The van der Waals surface area contributed by atoms with Gasteiger partial charge in [-0.3, -0.25) is 0 Å². The monoisotopic (exact) mass is 325 g/mol. The Morgan fingerprint density at radius 2 is 2.21 bits per heavy atom. The van der Waals surface area contributed by atoms with Gasteiger partial charge >= 0.3 is 0 Å². The van der Waals surface area contributed by atoms with Gasteiger partial charge in [-0.15, -0.1) is 0 Å². The first-order chi connectivity index (χ1) is 8.94. The van der Waals surface area contributed by atoms with Gasteiger partial charge in [0.15, 0.2) is 0 Å². The van der Waals surface area contributed by atoms with Crippen molar-refractivity contribution >= 4 is 15.9 Å². The van der Waals surface area contributed by atoms with Crippen LogP contribution in [0.15, 0.2) is 35.1 Å². The molecule has 0 saturated heterocycles. The molecular weight excluding hydrogens is 309 g/mol. The Bertz CT molecular complexity index is 578. The number of hydrogen-bond acceptors (Lipinski definition) is 2. The second kappa shape index (κ2) is 5.43. The van der Waals surface area contributed by atoms with Crippen LogP contribution in [0.1, 0.15) is 25.2 Å². The van der Waals surface area contributed by atoms with E-state index in [9.17, 15) is 4.39 Å². The molecule has 1 aromatic heterocycles. The third-order valence-corrected chi connectivity index (χ3v) is 3.65. The molecular formula is C14H17BrFN3. The first-order valence-electron chi connectivity index (χ1n) is 6.18. The van der Waals surface area contributed by atoms with Gasteiger partial charge in [-0.2, -0.15) is 0 Å². The van der Waals surface area contributed by atoms with Gasteiger partial charge in [0.05, 0.1) is 5.54 Å². The zero-order valence-corrected chi connectivity index (χ0v) is 12.6. The highest BCUT2D eigenvalue weighted by atomic mass is 79.9. The quantitative estimate of drug-likeness (QED) is 0.937. The van der Waals surface area contributed by atoms with Gasteiger partial charge in [-0.05, 0) is 25.1 Å². The highest BCUT2D eigenvalue weighted by Gasteiger charge is 2.26. The molecule has 1 atom stereocenters. The molecule has 0 saturated carbocycles. The van der Waals surface area contributed by atoms with Gasteiger partial charge in [-0.1, -0.05) is 22.9 Å². The lowest BCUT2D eigenvalue weighted by Gasteiger charge is -2.27. The van der Waals surface area contributed by atoms with Crippen LogP contribution in [0.25, 0.3) is 0 Å². The van der Waals surface area contributed by atoms with Crippen LogP contribution in [-0.4, -0.2) is 9.55 Å². The number of imidazole rings is 1. The fraction of sp³-hybridized carbons (Fsp3) is 0.357. The second-order valence-electron chi connectivity index (χ2n) is 4.87. The lowest BCUT2D eigenvalue weighted by Crippen LogP contribution is -2.39. The molecule has 1 unspecified atom stereocenters. The number of aryl methyl sites for hydroxylation is 1. The van der Waals surface area contributed by atoms with Crippen molar-refractivity contribution in [1.29, 1.82) is 0 Å². The highest BCUT2D eigenvalue weighted by Crippen LogP contribution is 2.26. The molecule has 19 heavy (non-hydrogen) atoms. The first kappa shape index (κ1) is 14.2. The molecule has 2 rings (SSSR count). The van der Waals surface area contributed by atoms with Crippen LogP contribution in [0.2, 0.25) is 0 Å². The fourth-order valence-corrected chi connectivity index (χ4v) is 2.53. The maximum absolute atomic E-state index is 14.0. The Morgan fingerprint density at radius 1 is 1.47 bits per heavy atom. The zero-order chi connectivity index (χ0) is 14.0. The van der Waals surface area contributed by atoms with Gasteiger partial charge in [-0.25, -0.2) is 9.37 Å². The van der Waals surface area contributed by atoms with Crippen molar-refractivity contribution in [3.8, 4) is 0 Å². The van der Waals surface area contributed by atoms with Crippen molar-refractivity contribution in [2.45, 2.75) is 32.4 Å². The van der Waals surface area contributed by atoms with E-state index in [2.05, 4.69) is 20.9 Å². The summed E-state index contributed by atoms with van der Waals surface area (Å²) in [5.41, 5.74) is 6.02. The molecule has 0 amide bonds. The predicted octanol–water partition coefficient (Wildman–Crippen LogP) is 3.22. The smallest absolute Gasteiger partial charge is 0.128 e. The van der Waals surface area contributed by atoms with Crippen LogP contribution in [0.5, 0.6) is 0 Å². The summed E-state index contributed by atoms with van der Waals surface area (Å²) < 4.78 is 16.7. The Labute approximate surface area is 120 Å². The van der Waals surface area contributed by atoms with Crippen LogP contribution in [-0.2, 0) is 18.5 Å². The number of nitrogens with zero attached hydrogens (tertiary/aromatic N) is 2. The third-order valence-electron chi connectivity index (χ3n) is 3.16. The Morgan fingerprint density at radius 3 is 2.89 bits per heavy atom. The standard InChI is InChI=1S/C14H17BrFN3/c1-3-13-18-6-7-19(13)9-14(2,17)11-8-10(15)4-5-12(11)16/h4-8H,3,9,17H2,1-2H3. The molecule has 3 nitrogen and oxygen atoms in total. The van der Waals surface area contributed by atoms with Crippen LogP contribution >= 0.6 is 15.9 Å². The summed E-state index contributed by atoms with van der Waals surface area (Å²) in [5, 5.41) is 0. The minimum atomic E-state index is -0.793. The van der Waals surface area contributed by atoms with Gasteiger partial charge in [0.25, 0.3) is 0 Å². The van der Waals surface area contributed by atoms with Crippen molar-refractivity contribution in [2.24, 2.45) is 5.73 Å². The molecule has 1 aromatic carbocycles. The van der Waals surface area contributed by atoms with Crippen molar-refractivity contribution in [3.63, 3.8) is 0 Å². The van der Waals surface area contributed by atoms with Crippen LogP contribution in [0.4, 0.5) is 4.39 Å². The van der Waals surface area contributed by atoms with E-state index in [1.54, 1.807) is 18.3 Å². The molecule has 0 aliphatic carbocycles. The van der Waals surface area contributed by atoms with E-state index in [-0.39, 0.29) is 5.82 Å². The zero-order valence-electron chi connectivity index (χ0n) is 11.0. The van der Waals surface area contributed by atoms with Crippen LogP contribution in [0, 0.1) is 5.82 Å². The molecule has 1 heterocycles. The molecule has 0 spiro atoms. The van der Waals surface area contributed by atoms with E-state index in [1.165, 1.54) is 6.07 Å². The van der Waals surface area contributed by atoms with E-state index in [0.717, 1.165) is 16.7 Å². The lowest BCUT2D eigenvalue weighted by molar-refractivity contribution is 0.386. The topological polar surface area (TPSA) is 43.8 Å². The average Bonchev–Trinajstić information content (AvgIpc) is 2.78. The number of aromatic nitrogens is 2. The summed E-state index contributed by atoms with van der Waals surface area (Å²) in [7, 11) is 0. The molecule has 5 heteroatoms. The van der Waals surface area contributed by atoms with Crippen molar-refractivity contribution in [1.82, 2.24) is 9.55 Å². The summed E-state index contributed by atoms with van der Waals surface area (Å²) in [6.45, 7) is 4.35. The van der Waals surface area contributed by atoms with Gasteiger partial charge in [0.2, 0.25) is 0 Å². The second-order valence-corrected chi connectivity index (χ2v) is 5.78. The molecule has 0 aliphatic rings. The number of hydrogen-bond donors (Lipinski definition) is 1. The van der Waals surface area contributed by atoms with E-state index in [1.807, 2.05) is 24.6 Å². The minimum Gasteiger partial charge on any atom is -0.333 e. The summed E-state index contributed by atoms with van der Waals surface area (Å²) >= 11 is 3.35. The number of rotatable bonds is 4. The van der Waals surface area contributed by atoms with Gasteiger partial charge in [0, 0.05) is 35.4 Å². The molecule has 2 N–H and O–H groups in total. The SMILES string of the molecule is CCc1nccn1CC(C)(N)c1cc(Br)ccc1F. The Hall–Kier alpha value is -1.20. The normalized spacial score (nSPS) is 14.4. The first-order valence-corrected chi connectivity index (χ1v) is 6.98. The van der Waals surface area contributed by atoms with Crippen LogP contribution in [0.3, 0.4) is 0 Å². The lowest BCUT2D eigenvalue weighted by atomic mass is 9.92. The fourth-order valence-electron chi connectivity index (χ4n) is 2.17. The maximum Gasteiger partial charge on any atom is 0.128 e. The van der Waals surface area contributed by atoms with Crippen molar-refractivity contribution in [3.05, 3.63) is 52.3 Å². The van der Waals surface area contributed by atoms with Crippen LogP contribution < -0.4 is 5.73 Å². The summed E-state index contributed by atoms with van der Waals surface area (Å²) in [6, 6.07) is 4.83. The molecule has 0 fully saturated rings. The molecule has 0 radical (unpaired) electrons. The van der Waals surface area contributed by atoms with Gasteiger partial charge < -0.3 is 10.3 Å². The third kappa shape index (κ3) is 3.04. The van der Waals surface area contributed by atoms with E-state index < -0.39 is 5.54 Å². The largest absolute Gasteiger partial charge is 0.333 e. The predicted molar refractivity (Wildman–Crippen MR) is 77.2 cm³/mol. The minimum absolute atomic E-state index is 0.286. The summed E-state index contributed by atoms with van der Waals surface area (Å²) in [4.78, 5) is 4.26. The Kier molecular flexibility index (Phi) is 4.06. The molecule has 0 aliphatic heterocycles. The van der Waals surface area contributed by atoms with Crippen molar-refractivity contribution < 1.29 is 4.39 Å².